The van der Waals surface area contributed by atoms with Crippen molar-refractivity contribution in [3.63, 3.8) is 0 Å². The highest BCUT2D eigenvalue weighted by Gasteiger charge is 2.08. The lowest BCUT2D eigenvalue weighted by Crippen LogP contribution is -2.25. The van der Waals surface area contributed by atoms with E-state index in [2.05, 4.69) is 10.6 Å². The Morgan fingerprint density at radius 2 is 1.89 bits per heavy atom. The van der Waals surface area contributed by atoms with Crippen LogP contribution in [0, 0.1) is 0 Å². The molecule has 0 bridgehead atoms. The van der Waals surface area contributed by atoms with E-state index in [0.29, 0.717) is 0 Å². The van der Waals surface area contributed by atoms with Crippen molar-refractivity contribution >= 4 is 17.5 Å². The summed E-state index contributed by atoms with van der Waals surface area (Å²) in [7, 11) is 0. The van der Waals surface area contributed by atoms with Gasteiger partial charge in [-0.15, -0.1) is 0 Å². The van der Waals surface area contributed by atoms with Crippen molar-refractivity contribution in [2.24, 2.45) is 0 Å². The molecule has 0 fully saturated rings. The topological polar surface area (TPSA) is 58.2 Å². The van der Waals surface area contributed by atoms with Crippen molar-refractivity contribution in [3.8, 4) is 0 Å². The summed E-state index contributed by atoms with van der Waals surface area (Å²) in [6, 6.07) is 7.32. The van der Waals surface area contributed by atoms with Gasteiger partial charge >= 0.3 is 0 Å². The number of carbonyl (C=O) groups excluding carboxylic acids is 2. The molecule has 2 N–H and O–H groups in total. The predicted octanol–water partition coefficient (Wildman–Crippen LogP) is 2.79. The quantitative estimate of drug-likeness (QED) is 0.818. The molecule has 19 heavy (non-hydrogen) atoms. The van der Waals surface area contributed by atoms with Crippen LogP contribution in [-0.2, 0) is 9.59 Å². The molecule has 1 atom stereocenters. The van der Waals surface area contributed by atoms with Gasteiger partial charge in [-0.2, -0.15) is 0 Å². The van der Waals surface area contributed by atoms with E-state index >= 15 is 0 Å². The molecule has 0 unspecified atom stereocenters. The molecule has 4 nitrogen and oxygen atoms in total. The standard InChI is InChI=1S/C15H20N2O2/c1-10(2)8-15(19)16-11(3)13-6-5-7-14(9-13)17-12(4)18/h5-9,11H,1-4H3,(H,16,19)(H,17,18)/t11-/m0/s1. The molecule has 1 rings (SSSR count). The highest BCUT2D eigenvalue weighted by atomic mass is 16.2. The van der Waals surface area contributed by atoms with Crippen LogP contribution in [0.25, 0.3) is 0 Å². The highest BCUT2D eigenvalue weighted by Crippen LogP contribution is 2.17. The van der Waals surface area contributed by atoms with E-state index in [1.165, 1.54) is 6.92 Å². The number of carbonyl (C=O) groups is 2. The minimum atomic E-state index is -0.114. The summed E-state index contributed by atoms with van der Waals surface area (Å²) in [5.41, 5.74) is 2.63. The Morgan fingerprint density at radius 1 is 1.21 bits per heavy atom. The van der Waals surface area contributed by atoms with E-state index in [-0.39, 0.29) is 17.9 Å². The molecular formula is C15H20N2O2. The van der Waals surface area contributed by atoms with E-state index < -0.39 is 0 Å². The van der Waals surface area contributed by atoms with Gasteiger partial charge < -0.3 is 10.6 Å². The minimum absolute atomic E-state index is 0.113. The molecule has 1 aromatic rings. The van der Waals surface area contributed by atoms with E-state index in [9.17, 15) is 9.59 Å². The van der Waals surface area contributed by atoms with Gasteiger partial charge in [0, 0.05) is 18.7 Å². The van der Waals surface area contributed by atoms with Crippen LogP contribution in [-0.4, -0.2) is 11.8 Å². The summed E-state index contributed by atoms with van der Waals surface area (Å²) in [6.07, 6.45) is 1.56. The predicted molar refractivity (Wildman–Crippen MR) is 76.7 cm³/mol. The summed E-state index contributed by atoms with van der Waals surface area (Å²) in [5.74, 6) is -0.226. The average molecular weight is 260 g/mol. The van der Waals surface area contributed by atoms with Crippen molar-refractivity contribution in [1.29, 1.82) is 0 Å². The van der Waals surface area contributed by atoms with Crippen LogP contribution in [0.15, 0.2) is 35.9 Å². The molecule has 0 aliphatic rings. The number of hydrogen-bond donors (Lipinski definition) is 2. The molecule has 4 heteroatoms. The van der Waals surface area contributed by atoms with Gasteiger partial charge in [0.15, 0.2) is 0 Å². The van der Waals surface area contributed by atoms with Crippen LogP contribution >= 0.6 is 0 Å². The highest BCUT2D eigenvalue weighted by molar-refractivity contribution is 5.89. The average Bonchev–Trinajstić information content (AvgIpc) is 2.27. The largest absolute Gasteiger partial charge is 0.346 e. The Labute approximate surface area is 113 Å². The SMILES string of the molecule is CC(=O)Nc1cccc([C@H](C)NC(=O)C=C(C)C)c1. The molecule has 102 valence electrons. The van der Waals surface area contributed by atoms with Gasteiger partial charge in [-0.1, -0.05) is 17.7 Å². The maximum atomic E-state index is 11.6. The Morgan fingerprint density at radius 3 is 2.47 bits per heavy atom. The van der Waals surface area contributed by atoms with Crippen molar-refractivity contribution < 1.29 is 9.59 Å². The van der Waals surface area contributed by atoms with Gasteiger partial charge in [0.05, 0.1) is 6.04 Å². The zero-order valence-corrected chi connectivity index (χ0v) is 11.8. The first-order valence-corrected chi connectivity index (χ1v) is 6.21. The Kier molecular flexibility index (Phi) is 5.30. The van der Waals surface area contributed by atoms with E-state index in [0.717, 1.165) is 16.8 Å². The third kappa shape index (κ3) is 5.38. The van der Waals surface area contributed by atoms with Crippen LogP contribution in [0.3, 0.4) is 0 Å². The minimum Gasteiger partial charge on any atom is -0.346 e. The van der Waals surface area contributed by atoms with Crippen molar-refractivity contribution in [1.82, 2.24) is 5.32 Å². The van der Waals surface area contributed by atoms with E-state index in [1.807, 2.05) is 45.0 Å². The first kappa shape index (κ1) is 15.0. The van der Waals surface area contributed by atoms with E-state index in [4.69, 9.17) is 0 Å². The van der Waals surface area contributed by atoms with Gasteiger partial charge in [0.1, 0.15) is 0 Å². The Balaban J connectivity index is 2.76. The summed E-state index contributed by atoms with van der Waals surface area (Å²) in [6.45, 7) is 7.12. The van der Waals surface area contributed by atoms with Crippen LogP contribution in [0.4, 0.5) is 5.69 Å². The molecule has 1 aromatic carbocycles. The lowest BCUT2D eigenvalue weighted by Gasteiger charge is -2.14. The second-order valence-electron chi connectivity index (χ2n) is 4.76. The lowest BCUT2D eigenvalue weighted by molar-refractivity contribution is -0.117. The molecule has 2 amide bonds. The normalized spacial score (nSPS) is 11.4. The molecule has 0 saturated carbocycles. The van der Waals surface area contributed by atoms with Gasteiger partial charge in [-0.25, -0.2) is 0 Å². The fraction of sp³-hybridized carbons (Fsp3) is 0.333. The lowest BCUT2D eigenvalue weighted by atomic mass is 10.1. The summed E-state index contributed by atoms with van der Waals surface area (Å²) in [5, 5.41) is 5.60. The number of nitrogens with one attached hydrogen (secondary N) is 2. The molecule has 0 radical (unpaired) electrons. The zero-order valence-electron chi connectivity index (χ0n) is 11.8. The number of allylic oxidation sites excluding steroid dienone is 1. The number of rotatable bonds is 4. The van der Waals surface area contributed by atoms with Gasteiger partial charge in [0.2, 0.25) is 11.8 Å². The second-order valence-corrected chi connectivity index (χ2v) is 4.76. The van der Waals surface area contributed by atoms with Gasteiger partial charge in [-0.05, 0) is 38.5 Å². The fourth-order valence-electron chi connectivity index (χ4n) is 1.69. The first-order valence-electron chi connectivity index (χ1n) is 6.21. The van der Waals surface area contributed by atoms with Crippen molar-refractivity contribution in [2.75, 3.05) is 5.32 Å². The van der Waals surface area contributed by atoms with Crippen LogP contribution in [0.5, 0.6) is 0 Å². The number of benzene rings is 1. The zero-order chi connectivity index (χ0) is 14.4. The first-order chi connectivity index (χ1) is 8.88. The molecule has 0 aliphatic carbocycles. The third-order valence-corrected chi connectivity index (χ3v) is 2.49. The molecule has 0 spiro atoms. The maximum Gasteiger partial charge on any atom is 0.244 e. The van der Waals surface area contributed by atoms with Crippen molar-refractivity contribution in [2.45, 2.75) is 33.7 Å². The number of amides is 2. The summed E-state index contributed by atoms with van der Waals surface area (Å²) >= 11 is 0. The molecule has 0 heterocycles. The van der Waals surface area contributed by atoms with Crippen molar-refractivity contribution in [3.05, 3.63) is 41.5 Å². The van der Waals surface area contributed by atoms with Gasteiger partial charge in [-0.3, -0.25) is 9.59 Å². The maximum absolute atomic E-state index is 11.6. The fourth-order valence-corrected chi connectivity index (χ4v) is 1.69. The van der Waals surface area contributed by atoms with Crippen LogP contribution in [0.1, 0.15) is 39.3 Å². The Bertz CT molecular complexity index is 503. The van der Waals surface area contributed by atoms with Crippen LogP contribution < -0.4 is 10.6 Å². The second kappa shape index (κ2) is 6.73. The van der Waals surface area contributed by atoms with Gasteiger partial charge in [0.25, 0.3) is 0 Å². The van der Waals surface area contributed by atoms with Crippen LogP contribution in [0.2, 0.25) is 0 Å². The molecular weight excluding hydrogens is 240 g/mol. The summed E-state index contributed by atoms with van der Waals surface area (Å²) in [4.78, 5) is 22.6. The Hall–Kier alpha value is -2.10. The molecule has 0 saturated heterocycles. The summed E-state index contributed by atoms with van der Waals surface area (Å²) < 4.78 is 0. The smallest absolute Gasteiger partial charge is 0.244 e. The molecule has 0 aliphatic heterocycles. The third-order valence-electron chi connectivity index (χ3n) is 2.49. The number of anilines is 1. The number of hydrogen-bond acceptors (Lipinski definition) is 2. The monoisotopic (exact) mass is 260 g/mol. The van der Waals surface area contributed by atoms with E-state index in [1.54, 1.807) is 6.08 Å². The molecule has 0 aromatic heterocycles.